The summed E-state index contributed by atoms with van der Waals surface area (Å²) in [7, 11) is 0. The van der Waals surface area contributed by atoms with Gasteiger partial charge in [-0.15, -0.1) is 0 Å². The summed E-state index contributed by atoms with van der Waals surface area (Å²) in [5, 5.41) is 3.20. The molecule has 1 saturated carbocycles. The van der Waals surface area contributed by atoms with Gasteiger partial charge in [-0.3, -0.25) is 9.69 Å². The number of nitrogens with one attached hydrogen (secondary N) is 1. The summed E-state index contributed by atoms with van der Waals surface area (Å²) in [4.78, 5) is 15.1. The van der Waals surface area contributed by atoms with E-state index in [4.69, 9.17) is 4.42 Å². The topological polar surface area (TPSA) is 45.5 Å². The first kappa shape index (κ1) is 17.3. The number of rotatable bonds is 6. The lowest BCUT2D eigenvalue weighted by molar-refractivity contribution is -0.123. The molecule has 4 nitrogen and oxygen atoms in total. The van der Waals surface area contributed by atoms with Crippen LogP contribution in [0.4, 0.5) is 0 Å². The van der Waals surface area contributed by atoms with Crippen LogP contribution in [-0.2, 0) is 4.79 Å². The first-order valence-electron chi connectivity index (χ1n) is 9.11. The fourth-order valence-electron chi connectivity index (χ4n) is 4.10. The summed E-state index contributed by atoms with van der Waals surface area (Å²) in [6.45, 7) is 11.4. The minimum absolute atomic E-state index is 0.0647. The SMILES string of the molecule is CC(C)=C[C@@H]1[C@H](C(=O)NC[C@H](c2ccco2)N2CCCC2)C1(C)C. The van der Waals surface area contributed by atoms with E-state index in [0.29, 0.717) is 12.5 Å². The van der Waals surface area contributed by atoms with Crippen molar-refractivity contribution in [1.82, 2.24) is 10.2 Å². The van der Waals surface area contributed by atoms with Gasteiger partial charge in [0.25, 0.3) is 0 Å². The largest absolute Gasteiger partial charge is 0.468 e. The molecule has 3 atom stereocenters. The molecule has 1 aromatic rings. The molecule has 4 heteroatoms. The van der Waals surface area contributed by atoms with Gasteiger partial charge in [-0.05, 0) is 63.2 Å². The molecule has 2 aliphatic rings. The van der Waals surface area contributed by atoms with Gasteiger partial charge in [-0.2, -0.15) is 0 Å². The molecule has 3 rings (SSSR count). The maximum atomic E-state index is 12.7. The molecule has 1 saturated heterocycles. The van der Waals surface area contributed by atoms with Crippen molar-refractivity contribution < 1.29 is 9.21 Å². The fraction of sp³-hybridized carbons (Fsp3) is 0.650. The zero-order chi connectivity index (χ0) is 17.3. The second-order valence-corrected chi connectivity index (χ2v) is 8.09. The molecule has 0 unspecified atom stereocenters. The summed E-state index contributed by atoms with van der Waals surface area (Å²) in [5.41, 5.74) is 1.35. The average Bonchev–Trinajstić information content (AvgIpc) is 3.02. The zero-order valence-electron chi connectivity index (χ0n) is 15.3. The van der Waals surface area contributed by atoms with Crippen molar-refractivity contribution in [3.8, 4) is 0 Å². The third-order valence-corrected chi connectivity index (χ3v) is 5.63. The van der Waals surface area contributed by atoms with Gasteiger partial charge in [0.15, 0.2) is 0 Å². The summed E-state index contributed by atoms with van der Waals surface area (Å²) < 4.78 is 5.63. The van der Waals surface area contributed by atoms with E-state index >= 15 is 0 Å². The number of nitrogens with zero attached hydrogens (tertiary/aromatic N) is 1. The lowest BCUT2D eigenvalue weighted by Crippen LogP contribution is -2.37. The fourth-order valence-corrected chi connectivity index (χ4v) is 4.10. The maximum Gasteiger partial charge on any atom is 0.224 e. The number of carbonyl (C=O) groups is 1. The molecule has 1 aliphatic heterocycles. The minimum atomic E-state index is 0.0647. The molecule has 24 heavy (non-hydrogen) atoms. The Hall–Kier alpha value is -1.55. The van der Waals surface area contributed by atoms with Crippen LogP contribution in [0.15, 0.2) is 34.5 Å². The van der Waals surface area contributed by atoms with E-state index in [2.05, 4.69) is 44.0 Å². The molecule has 0 spiro atoms. The Labute approximate surface area is 145 Å². The number of hydrogen-bond acceptors (Lipinski definition) is 3. The maximum absolute atomic E-state index is 12.7. The van der Waals surface area contributed by atoms with Crippen LogP contribution in [0.3, 0.4) is 0 Å². The van der Waals surface area contributed by atoms with E-state index in [-0.39, 0.29) is 23.3 Å². The van der Waals surface area contributed by atoms with Crippen LogP contribution in [-0.4, -0.2) is 30.4 Å². The molecule has 2 heterocycles. The normalized spacial score (nSPS) is 26.8. The van der Waals surface area contributed by atoms with Gasteiger partial charge < -0.3 is 9.73 Å². The van der Waals surface area contributed by atoms with Gasteiger partial charge in [-0.1, -0.05) is 25.5 Å². The molecule has 1 amide bonds. The van der Waals surface area contributed by atoms with Crippen molar-refractivity contribution in [2.45, 2.75) is 46.6 Å². The highest BCUT2D eigenvalue weighted by Gasteiger charge is 2.60. The van der Waals surface area contributed by atoms with Gasteiger partial charge in [0, 0.05) is 6.54 Å². The highest BCUT2D eigenvalue weighted by molar-refractivity contribution is 5.83. The first-order chi connectivity index (χ1) is 11.4. The van der Waals surface area contributed by atoms with Crippen LogP contribution in [0.25, 0.3) is 0 Å². The molecule has 0 aromatic carbocycles. The van der Waals surface area contributed by atoms with Gasteiger partial charge in [0.05, 0.1) is 18.2 Å². The Kier molecular flexibility index (Phi) is 4.86. The third-order valence-electron chi connectivity index (χ3n) is 5.63. The highest BCUT2D eigenvalue weighted by atomic mass is 16.3. The molecule has 1 N–H and O–H groups in total. The monoisotopic (exact) mass is 330 g/mol. The molecular weight excluding hydrogens is 300 g/mol. The Bertz CT molecular complexity index is 593. The van der Waals surface area contributed by atoms with Gasteiger partial charge in [-0.25, -0.2) is 0 Å². The van der Waals surface area contributed by atoms with Crippen LogP contribution in [0.2, 0.25) is 0 Å². The van der Waals surface area contributed by atoms with Crippen molar-refractivity contribution in [2.75, 3.05) is 19.6 Å². The Morgan fingerprint density at radius 3 is 2.71 bits per heavy atom. The second-order valence-electron chi connectivity index (χ2n) is 8.09. The van der Waals surface area contributed by atoms with Crippen LogP contribution in [0.5, 0.6) is 0 Å². The summed E-state index contributed by atoms with van der Waals surface area (Å²) in [6, 6.07) is 4.09. The second kappa shape index (κ2) is 6.75. The molecule has 2 fully saturated rings. The number of likely N-dealkylation sites (tertiary alicyclic amines) is 1. The predicted molar refractivity (Wildman–Crippen MR) is 95.5 cm³/mol. The lowest BCUT2D eigenvalue weighted by Gasteiger charge is -2.26. The van der Waals surface area contributed by atoms with Crippen molar-refractivity contribution in [2.24, 2.45) is 17.3 Å². The Morgan fingerprint density at radius 2 is 2.12 bits per heavy atom. The van der Waals surface area contributed by atoms with Crippen LogP contribution in [0, 0.1) is 17.3 Å². The van der Waals surface area contributed by atoms with E-state index in [1.54, 1.807) is 6.26 Å². The van der Waals surface area contributed by atoms with Gasteiger partial charge in [0.1, 0.15) is 5.76 Å². The van der Waals surface area contributed by atoms with E-state index < -0.39 is 0 Å². The van der Waals surface area contributed by atoms with Crippen molar-refractivity contribution in [3.05, 3.63) is 35.8 Å². The van der Waals surface area contributed by atoms with E-state index in [1.807, 2.05) is 12.1 Å². The smallest absolute Gasteiger partial charge is 0.224 e. The van der Waals surface area contributed by atoms with Crippen molar-refractivity contribution in [1.29, 1.82) is 0 Å². The number of amides is 1. The lowest BCUT2D eigenvalue weighted by atomic mass is 10.1. The minimum Gasteiger partial charge on any atom is -0.468 e. The van der Waals surface area contributed by atoms with E-state index in [9.17, 15) is 4.79 Å². The third kappa shape index (κ3) is 3.44. The van der Waals surface area contributed by atoms with Crippen LogP contribution in [0.1, 0.15) is 52.3 Å². The molecule has 0 bridgehead atoms. The zero-order valence-corrected chi connectivity index (χ0v) is 15.3. The summed E-state index contributed by atoms with van der Waals surface area (Å²) in [6.07, 6.45) is 6.41. The Balaban J connectivity index is 1.63. The van der Waals surface area contributed by atoms with Crippen molar-refractivity contribution >= 4 is 5.91 Å². The van der Waals surface area contributed by atoms with Crippen molar-refractivity contribution in [3.63, 3.8) is 0 Å². The summed E-state index contributed by atoms with van der Waals surface area (Å²) in [5.74, 6) is 1.57. The highest BCUT2D eigenvalue weighted by Crippen LogP contribution is 2.59. The summed E-state index contributed by atoms with van der Waals surface area (Å²) >= 11 is 0. The van der Waals surface area contributed by atoms with E-state index in [0.717, 1.165) is 18.8 Å². The first-order valence-corrected chi connectivity index (χ1v) is 9.11. The van der Waals surface area contributed by atoms with Crippen LogP contribution < -0.4 is 5.32 Å². The Morgan fingerprint density at radius 1 is 1.42 bits per heavy atom. The predicted octanol–water partition coefficient (Wildman–Crippen LogP) is 3.77. The standard InChI is InChI=1S/C20H30N2O2/c1-14(2)12-15-18(20(15,3)4)19(23)21-13-16(17-8-7-11-24-17)22-9-5-6-10-22/h7-8,11-12,15-16,18H,5-6,9-10,13H2,1-4H3,(H,21,23)/t15-,16-,18-/m1/s1. The average molecular weight is 330 g/mol. The van der Waals surface area contributed by atoms with Gasteiger partial charge in [0.2, 0.25) is 5.91 Å². The molecule has 0 radical (unpaired) electrons. The number of hydrogen-bond donors (Lipinski definition) is 1. The quantitative estimate of drug-likeness (QED) is 0.808. The molecule has 1 aromatic heterocycles. The van der Waals surface area contributed by atoms with E-state index in [1.165, 1.54) is 18.4 Å². The molecule has 132 valence electrons. The molecular formula is C20H30N2O2. The van der Waals surface area contributed by atoms with Crippen LogP contribution >= 0.6 is 0 Å². The van der Waals surface area contributed by atoms with Gasteiger partial charge >= 0.3 is 0 Å². The number of carbonyl (C=O) groups excluding carboxylic acids is 1. The number of allylic oxidation sites excluding steroid dienone is 2. The molecule has 1 aliphatic carbocycles. The number of furan rings is 1.